The predicted octanol–water partition coefficient (Wildman–Crippen LogP) is 1.88. The standard InChI is InChI=1S/C17H21N5O/c18-15(23)12-22-9-5-13(6-10-22)14-4-8-20-17(11-14)21-16-3-1-2-7-19-16/h1-4,7-8,11,13H,5-6,9-10,12H2,(H2,18,23)(H,19,20,21). The van der Waals surface area contributed by atoms with Crippen molar-refractivity contribution in [2.75, 3.05) is 25.0 Å². The first-order chi connectivity index (χ1) is 11.2. The van der Waals surface area contributed by atoms with E-state index in [0.29, 0.717) is 12.5 Å². The molecule has 3 N–H and O–H groups in total. The average Bonchev–Trinajstić information content (AvgIpc) is 2.56. The molecular formula is C17H21N5O. The van der Waals surface area contributed by atoms with Gasteiger partial charge in [0.25, 0.3) is 0 Å². The minimum Gasteiger partial charge on any atom is -0.369 e. The highest BCUT2D eigenvalue weighted by Crippen LogP contribution is 2.29. The molecule has 6 heteroatoms. The van der Waals surface area contributed by atoms with Gasteiger partial charge in [0.1, 0.15) is 11.6 Å². The largest absolute Gasteiger partial charge is 0.369 e. The van der Waals surface area contributed by atoms with Crippen molar-refractivity contribution in [1.82, 2.24) is 14.9 Å². The second-order valence-electron chi connectivity index (χ2n) is 5.83. The van der Waals surface area contributed by atoms with Crippen LogP contribution in [0.25, 0.3) is 0 Å². The van der Waals surface area contributed by atoms with E-state index in [0.717, 1.165) is 37.6 Å². The Morgan fingerprint density at radius 1 is 1.17 bits per heavy atom. The van der Waals surface area contributed by atoms with Crippen molar-refractivity contribution >= 4 is 17.5 Å². The molecule has 120 valence electrons. The number of rotatable bonds is 5. The molecule has 1 fully saturated rings. The maximum absolute atomic E-state index is 11.0. The zero-order valence-corrected chi connectivity index (χ0v) is 13.0. The number of hydrogen-bond donors (Lipinski definition) is 2. The normalized spacial score (nSPS) is 16.2. The van der Waals surface area contributed by atoms with E-state index in [9.17, 15) is 4.79 Å². The second kappa shape index (κ2) is 7.19. The van der Waals surface area contributed by atoms with Crippen LogP contribution in [0.3, 0.4) is 0 Å². The van der Waals surface area contributed by atoms with Gasteiger partial charge in [-0.15, -0.1) is 0 Å². The molecule has 0 aromatic carbocycles. The number of primary amides is 1. The first kappa shape index (κ1) is 15.4. The SMILES string of the molecule is NC(=O)CN1CCC(c2ccnc(Nc3ccccn3)c2)CC1. The zero-order valence-electron chi connectivity index (χ0n) is 13.0. The van der Waals surface area contributed by atoms with Gasteiger partial charge in [-0.2, -0.15) is 0 Å². The summed E-state index contributed by atoms with van der Waals surface area (Å²) in [4.78, 5) is 21.7. The second-order valence-corrected chi connectivity index (χ2v) is 5.83. The van der Waals surface area contributed by atoms with Crippen molar-refractivity contribution < 1.29 is 4.79 Å². The van der Waals surface area contributed by atoms with Crippen molar-refractivity contribution in [1.29, 1.82) is 0 Å². The quantitative estimate of drug-likeness (QED) is 0.881. The number of hydrogen-bond acceptors (Lipinski definition) is 5. The molecule has 0 unspecified atom stereocenters. The molecule has 1 amide bonds. The molecule has 0 spiro atoms. The fraction of sp³-hybridized carbons (Fsp3) is 0.353. The van der Waals surface area contributed by atoms with Gasteiger partial charge in [-0.25, -0.2) is 9.97 Å². The topological polar surface area (TPSA) is 84.1 Å². The Labute approximate surface area is 135 Å². The van der Waals surface area contributed by atoms with E-state index in [4.69, 9.17) is 5.73 Å². The van der Waals surface area contributed by atoms with E-state index < -0.39 is 0 Å². The maximum atomic E-state index is 11.0. The summed E-state index contributed by atoms with van der Waals surface area (Å²) in [5.41, 5.74) is 6.53. The van der Waals surface area contributed by atoms with Crippen LogP contribution in [0.1, 0.15) is 24.3 Å². The Hall–Kier alpha value is -2.47. The third kappa shape index (κ3) is 4.26. The molecule has 23 heavy (non-hydrogen) atoms. The summed E-state index contributed by atoms with van der Waals surface area (Å²) in [5, 5.41) is 3.22. The highest BCUT2D eigenvalue weighted by molar-refractivity contribution is 5.75. The smallest absolute Gasteiger partial charge is 0.231 e. The molecule has 0 bridgehead atoms. The van der Waals surface area contributed by atoms with Gasteiger partial charge >= 0.3 is 0 Å². The molecule has 0 aliphatic carbocycles. The lowest BCUT2D eigenvalue weighted by Crippen LogP contribution is -2.39. The van der Waals surface area contributed by atoms with Crippen LogP contribution in [0, 0.1) is 0 Å². The van der Waals surface area contributed by atoms with E-state index >= 15 is 0 Å². The zero-order chi connectivity index (χ0) is 16.1. The first-order valence-corrected chi connectivity index (χ1v) is 7.85. The lowest BCUT2D eigenvalue weighted by atomic mass is 9.90. The van der Waals surface area contributed by atoms with Crippen molar-refractivity contribution in [2.24, 2.45) is 5.73 Å². The number of pyridine rings is 2. The summed E-state index contributed by atoms with van der Waals surface area (Å²) in [6.07, 6.45) is 5.64. The number of likely N-dealkylation sites (tertiary alicyclic amines) is 1. The third-order valence-electron chi connectivity index (χ3n) is 4.14. The molecule has 0 radical (unpaired) electrons. The predicted molar refractivity (Wildman–Crippen MR) is 89.4 cm³/mol. The number of carbonyl (C=O) groups is 1. The fourth-order valence-corrected chi connectivity index (χ4v) is 2.98. The van der Waals surface area contributed by atoms with Crippen LogP contribution < -0.4 is 11.1 Å². The van der Waals surface area contributed by atoms with Crippen molar-refractivity contribution in [3.05, 3.63) is 48.3 Å². The van der Waals surface area contributed by atoms with Gasteiger partial charge in [-0.3, -0.25) is 9.69 Å². The van der Waals surface area contributed by atoms with Gasteiger partial charge in [0.05, 0.1) is 6.54 Å². The van der Waals surface area contributed by atoms with Crippen LogP contribution >= 0.6 is 0 Å². The summed E-state index contributed by atoms with van der Waals surface area (Å²) in [5.74, 6) is 1.83. The Morgan fingerprint density at radius 3 is 2.65 bits per heavy atom. The van der Waals surface area contributed by atoms with Crippen LogP contribution in [0.5, 0.6) is 0 Å². The van der Waals surface area contributed by atoms with Gasteiger partial charge in [-0.1, -0.05) is 6.07 Å². The fourth-order valence-electron chi connectivity index (χ4n) is 2.98. The van der Waals surface area contributed by atoms with E-state index in [2.05, 4.69) is 32.3 Å². The molecular weight excluding hydrogens is 290 g/mol. The molecule has 0 saturated carbocycles. The van der Waals surface area contributed by atoms with Crippen LogP contribution in [0.2, 0.25) is 0 Å². The van der Waals surface area contributed by atoms with Gasteiger partial charge in [0.15, 0.2) is 0 Å². The first-order valence-electron chi connectivity index (χ1n) is 7.85. The number of nitrogens with zero attached hydrogens (tertiary/aromatic N) is 3. The van der Waals surface area contributed by atoms with Gasteiger partial charge < -0.3 is 11.1 Å². The Balaban J connectivity index is 1.63. The van der Waals surface area contributed by atoms with E-state index in [1.807, 2.05) is 24.4 Å². The maximum Gasteiger partial charge on any atom is 0.231 e. The molecule has 0 atom stereocenters. The van der Waals surface area contributed by atoms with E-state index in [1.165, 1.54) is 5.56 Å². The Kier molecular flexibility index (Phi) is 4.83. The highest BCUT2D eigenvalue weighted by Gasteiger charge is 2.21. The summed E-state index contributed by atoms with van der Waals surface area (Å²) < 4.78 is 0. The number of nitrogens with two attached hydrogens (primary N) is 1. The van der Waals surface area contributed by atoms with Crippen LogP contribution in [-0.4, -0.2) is 40.4 Å². The van der Waals surface area contributed by atoms with Gasteiger partial charge in [0.2, 0.25) is 5.91 Å². The van der Waals surface area contributed by atoms with Crippen LogP contribution in [-0.2, 0) is 4.79 Å². The summed E-state index contributed by atoms with van der Waals surface area (Å²) >= 11 is 0. The van der Waals surface area contributed by atoms with Crippen molar-refractivity contribution in [3.8, 4) is 0 Å². The molecule has 2 aromatic rings. The minimum absolute atomic E-state index is 0.255. The summed E-state index contributed by atoms with van der Waals surface area (Å²) in [6, 6.07) is 9.89. The van der Waals surface area contributed by atoms with Crippen molar-refractivity contribution in [2.45, 2.75) is 18.8 Å². The molecule has 2 aromatic heterocycles. The number of amides is 1. The van der Waals surface area contributed by atoms with Gasteiger partial charge in [-0.05, 0) is 61.7 Å². The number of anilines is 2. The molecule has 1 aliphatic heterocycles. The Morgan fingerprint density at radius 2 is 1.96 bits per heavy atom. The molecule has 1 saturated heterocycles. The number of carbonyl (C=O) groups excluding carboxylic acids is 1. The monoisotopic (exact) mass is 311 g/mol. The lowest BCUT2D eigenvalue weighted by molar-refractivity contribution is -0.119. The minimum atomic E-state index is -0.255. The average molecular weight is 311 g/mol. The molecule has 6 nitrogen and oxygen atoms in total. The molecule has 3 rings (SSSR count). The summed E-state index contributed by atoms with van der Waals surface area (Å²) in [7, 11) is 0. The van der Waals surface area contributed by atoms with Crippen LogP contribution in [0.4, 0.5) is 11.6 Å². The van der Waals surface area contributed by atoms with Gasteiger partial charge in [0, 0.05) is 12.4 Å². The third-order valence-corrected chi connectivity index (χ3v) is 4.14. The van der Waals surface area contributed by atoms with Crippen molar-refractivity contribution in [3.63, 3.8) is 0 Å². The lowest BCUT2D eigenvalue weighted by Gasteiger charge is -2.31. The highest BCUT2D eigenvalue weighted by atomic mass is 16.1. The summed E-state index contributed by atoms with van der Waals surface area (Å²) in [6.45, 7) is 2.16. The number of aromatic nitrogens is 2. The van der Waals surface area contributed by atoms with E-state index in [1.54, 1.807) is 6.20 Å². The number of piperidine rings is 1. The number of nitrogens with one attached hydrogen (secondary N) is 1. The van der Waals surface area contributed by atoms with Crippen LogP contribution in [0.15, 0.2) is 42.7 Å². The molecule has 3 heterocycles. The Bertz CT molecular complexity index is 653. The van der Waals surface area contributed by atoms with E-state index in [-0.39, 0.29) is 5.91 Å². The molecule has 1 aliphatic rings.